The van der Waals surface area contributed by atoms with Crippen molar-refractivity contribution >= 4 is 0 Å². The topological polar surface area (TPSA) is 23.5 Å². The van der Waals surface area contributed by atoms with Gasteiger partial charge in [0.15, 0.2) is 0 Å². The van der Waals surface area contributed by atoms with Crippen LogP contribution in [0.15, 0.2) is 24.3 Å². The molecule has 19 heavy (non-hydrogen) atoms. The fraction of sp³-hybridized carbons (Fsp3) is 0.647. The van der Waals surface area contributed by atoms with E-state index in [9.17, 15) is 5.11 Å². The Labute approximate surface area is 116 Å². The van der Waals surface area contributed by atoms with E-state index in [1.807, 2.05) is 12.1 Å². The summed E-state index contributed by atoms with van der Waals surface area (Å²) in [6.45, 7) is 4.73. The highest BCUT2D eigenvalue weighted by Crippen LogP contribution is 2.38. The minimum Gasteiger partial charge on any atom is -0.508 e. The number of benzene rings is 1. The largest absolute Gasteiger partial charge is 0.508 e. The molecule has 1 N–H and O–H groups in total. The van der Waals surface area contributed by atoms with Gasteiger partial charge in [-0.3, -0.25) is 4.90 Å². The van der Waals surface area contributed by atoms with Gasteiger partial charge in [-0.1, -0.05) is 31.9 Å². The van der Waals surface area contributed by atoms with E-state index in [1.54, 1.807) is 6.07 Å². The molecular weight excluding hydrogens is 234 g/mol. The van der Waals surface area contributed by atoms with Gasteiger partial charge in [0.25, 0.3) is 0 Å². The molecule has 0 aromatic heterocycles. The van der Waals surface area contributed by atoms with Gasteiger partial charge >= 0.3 is 0 Å². The monoisotopic (exact) mass is 259 g/mol. The van der Waals surface area contributed by atoms with Crippen LogP contribution in [0.2, 0.25) is 0 Å². The molecule has 0 spiro atoms. The highest BCUT2D eigenvalue weighted by Gasteiger charge is 2.32. The molecular formula is C17H25NO. The fourth-order valence-electron chi connectivity index (χ4n) is 3.48. The SMILES string of the molecule is CCC(CC1CC1)N1CCC(c2cccc(O)c2)C1. The first-order valence-corrected chi connectivity index (χ1v) is 7.79. The average molecular weight is 259 g/mol. The van der Waals surface area contributed by atoms with Gasteiger partial charge in [-0.25, -0.2) is 0 Å². The molecule has 0 amide bonds. The standard InChI is InChI=1S/C17H25NO/c1-2-16(10-13-6-7-13)18-9-8-15(12-18)14-4-3-5-17(19)11-14/h3-5,11,13,15-16,19H,2,6-10,12H2,1H3. The van der Waals surface area contributed by atoms with Crippen LogP contribution in [0.25, 0.3) is 0 Å². The lowest BCUT2D eigenvalue weighted by Crippen LogP contribution is -2.33. The minimum atomic E-state index is 0.404. The maximum atomic E-state index is 9.61. The van der Waals surface area contributed by atoms with Crippen LogP contribution in [0, 0.1) is 5.92 Å². The molecule has 2 aliphatic rings. The average Bonchev–Trinajstić information content (AvgIpc) is 3.10. The van der Waals surface area contributed by atoms with Crippen LogP contribution in [0.5, 0.6) is 5.75 Å². The van der Waals surface area contributed by atoms with Crippen LogP contribution in [-0.2, 0) is 0 Å². The number of hydrogen-bond donors (Lipinski definition) is 1. The van der Waals surface area contributed by atoms with E-state index < -0.39 is 0 Å². The molecule has 0 bridgehead atoms. The van der Waals surface area contributed by atoms with E-state index in [4.69, 9.17) is 0 Å². The molecule has 2 unspecified atom stereocenters. The number of aromatic hydroxyl groups is 1. The molecule has 2 fully saturated rings. The lowest BCUT2D eigenvalue weighted by atomic mass is 9.98. The van der Waals surface area contributed by atoms with E-state index in [0.29, 0.717) is 11.7 Å². The van der Waals surface area contributed by atoms with Gasteiger partial charge in [-0.15, -0.1) is 0 Å². The van der Waals surface area contributed by atoms with Crippen LogP contribution in [0.4, 0.5) is 0 Å². The molecule has 1 saturated carbocycles. The van der Waals surface area contributed by atoms with Gasteiger partial charge in [-0.05, 0) is 55.3 Å². The Morgan fingerprint density at radius 2 is 2.16 bits per heavy atom. The summed E-state index contributed by atoms with van der Waals surface area (Å²) in [5.41, 5.74) is 1.31. The summed E-state index contributed by atoms with van der Waals surface area (Å²) in [7, 11) is 0. The van der Waals surface area contributed by atoms with E-state index in [1.165, 1.54) is 50.8 Å². The third-order valence-electron chi connectivity index (χ3n) is 4.85. The van der Waals surface area contributed by atoms with E-state index in [0.717, 1.165) is 12.0 Å². The van der Waals surface area contributed by atoms with E-state index in [-0.39, 0.29) is 0 Å². The second kappa shape index (κ2) is 5.54. The molecule has 1 aromatic carbocycles. The maximum Gasteiger partial charge on any atom is 0.115 e. The van der Waals surface area contributed by atoms with Crippen LogP contribution >= 0.6 is 0 Å². The highest BCUT2D eigenvalue weighted by atomic mass is 16.3. The fourth-order valence-corrected chi connectivity index (χ4v) is 3.48. The van der Waals surface area contributed by atoms with Crippen molar-refractivity contribution in [3.63, 3.8) is 0 Å². The van der Waals surface area contributed by atoms with Gasteiger partial charge in [0.05, 0.1) is 0 Å². The molecule has 1 saturated heterocycles. The van der Waals surface area contributed by atoms with Gasteiger partial charge in [0.2, 0.25) is 0 Å². The summed E-state index contributed by atoms with van der Waals surface area (Å²) in [6, 6.07) is 8.62. The lowest BCUT2D eigenvalue weighted by Gasteiger charge is -2.27. The van der Waals surface area contributed by atoms with Crippen LogP contribution in [0.3, 0.4) is 0 Å². The zero-order valence-electron chi connectivity index (χ0n) is 11.9. The summed E-state index contributed by atoms with van der Waals surface area (Å²) in [5.74, 6) is 2.03. The Bertz CT molecular complexity index is 427. The Balaban J connectivity index is 1.62. The normalized spacial score (nSPS) is 25.6. The Morgan fingerprint density at radius 3 is 2.84 bits per heavy atom. The zero-order chi connectivity index (χ0) is 13.2. The predicted octanol–water partition coefficient (Wildman–Crippen LogP) is 3.76. The third kappa shape index (κ3) is 3.11. The van der Waals surface area contributed by atoms with Crippen LogP contribution in [-0.4, -0.2) is 29.1 Å². The smallest absolute Gasteiger partial charge is 0.115 e. The quantitative estimate of drug-likeness (QED) is 0.870. The van der Waals surface area contributed by atoms with E-state index >= 15 is 0 Å². The number of likely N-dealkylation sites (tertiary alicyclic amines) is 1. The zero-order valence-corrected chi connectivity index (χ0v) is 11.9. The first-order chi connectivity index (χ1) is 9.26. The van der Waals surface area contributed by atoms with Crippen molar-refractivity contribution < 1.29 is 5.11 Å². The molecule has 0 radical (unpaired) electrons. The minimum absolute atomic E-state index is 0.404. The van der Waals surface area contributed by atoms with Crippen molar-refractivity contribution in [1.29, 1.82) is 0 Å². The van der Waals surface area contributed by atoms with E-state index in [2.05, 4.69) is 17.9 Å². The van der Waals surface area contributed by atoms with Crippen molar-refractivity contribution in [3.8, 4) is 5.75 Å². The molecule has 3 rings (SSSR count). The Morgan fingerprint density at radius 1 is 1.32 bits per heavy atom. The summed E-state index contributed by atoms with van der Waals surface area (Å²) in [5, 5.41) is 9.61. The lowest BCUT2D eigenvalue weighted by molar-refractivity contribution is 0.214. The number of rotatable bonds is 5. The van der Waals surface area contributed by atoms with Gasteiger partial charge < -0.3 is 5.11 Å². The molecule has 1 heterocycles. The Hall–Kier alpha value is -1.02. The van der Waals surface area contributed by atoms with Crippen molar-refractivity contribution in [2.75, 3.05) is 13.1 Å². The molecule has 1 aromatic rings. The Kier molecular flexibility index (Phi) is 3.79. The molecule has 2 nitrogen and oxygen atoms in total. The van der Waals surface area contributed by atoms with Crippen molar-refractivity contribution in [1.82, 2.24) is 4.90 Å². The number of phenols is 1. The maximum absolute atomic E-state index is 9.61. The number of nitrogens with zero attached hydrogens (tertiary/aromatic N) is 1. The summed E-state index contributed by atoms with van der Waals surface area (Å²) >= 11 is 0. The van der Waals surface area contributed by atoms with Crippen LogP contribution < -0.4 is 0 Å². The first kappa shape index (κ1) is 13.0. The number of hydrogen-bond acceptors (Lipinski definition) is 2. The first-order valence-electron chi connectivity index (χ1n) is 7.79. The molecule has 2 atom stereocenters. The summed E-state index contributed by atoms with van der Waals surface area (Å²) in [6.07, 6.45) is 6.85. The van der Waals surface area contributed by atoms with Crippen molar-refractivity contribution in [2.24, 2.45) is 5.92 Å². The van der Waals surface area contributed by atoms with Crippen LogP contribution in [0.1, 0.15) is 50.5 Å². The van der Waals surface area contributed by atoms with Gasteiger partial charge in [0.1, 0.15) is 5.75 Å². The molecule has 1 aliphatic heterocycles. The van der Waals surface area contributed by atoms with Crippen molar-refractivity contribution in [3.05, 3.63) is 29.8 Å². The second-order valence-corrected chi connectivity index (χ2v) is 6.32. The summed E-state index contributed by atoms with van der Waals surface area (Å²) in [4.78, 5) is 2.69. The highest BCUT2D eigenvalue weighted by molar-refractivity contribution is 5.30. The van der Waals surface area contributed by atoms with Crippen molar-refractivity contribution in [2.45, 2.75) is 51.0 Å². The van der Waals surface area contributed by atoms with Gasteiger partial charge in [0, 0.05) is 12.6 Å². The summed E-state index contributed by atoms with van der Waals surface area (Å²) < 4.78 is 0. The predicted molar refractivity (Wildman–Crippen MR) is 78.5 cm³/mol. The molecule has 2 heteroatoms. The van der Waals surface area contributed by atoms with Gasteiger partial charge in [-0.2, -0.15) is 0 Å². The number of phenolic OH excluding ortho intramolecular Hbond substituents is 1. The molecule has 104 valence electrons. The second-order valence-electron chi connectivity index (χ2n) is 6.32. The third-order valence-corrected chi connectivity index (χ3v) is 4.85. The molecule has 1 aliphatic carbocycles.